The van der Waals surface area contributed by atoms with Crippen LogP contribution in [0.3, 0.4) is 0 Å². The Morgan fingerprint density at radius 2 is 1.66 bits per heavy atom. The van der Waals surface area contributed by atoms with E-state index in [0.29, 0.717) is 28.4 Å². The van der Waals surface area contributed by atoms with Crippen molar-refractivity contribution >= 4 is 34.1 Å². The van der Waals surface area contributed by atoms with E-state index in [0.717, 1.165) is 22.0 Å². The molecule has 8 heteroatoms. The summed E-state index contributed by atoms with van der Waals surface area (Å²) in [5.74, 6) is 0.765. The number of nitrogens with zero attached hydrogens (tertiary/aromatic N) is 1. The summed E-state index contributed by atoms with van der Waals surface area (Å²) >= 11 is 0. The number of carbonyl (C=O) groups is 2. The number of primary amides is 1. The Bertz CT molecular complexity index is 1290. The van der Waals surface area contributed by atoms with Gasteiger partial charge in [0.05, 0.1) is 16.8 Å². The van der Waals surface area contributed by atoms with Gasteiger partial charge in [0.1, 0.15) is 18.1 Å². The molecule has 1 heterocycles. The minimum atomic E-state index is -0.682. The first kappa shape index (κ1) is 20.9. The number of ether oxygens (including phenoxy) is 1. The van der Waals surface area contributed by atoms with Crippen molar-refractivity contribution in [3.8, 4) is 5.75 Å². The molecule has 3 amide bonds. The van der Waals surface area contributed by atoms with Crippen molar-refractivity contribution in [3.05, 3.63) is 83.2 Å². The third kappa shape index (κ3) is 4.54. The minimum absolute atomic E-state index is 0.220. The number of rotatable bonds is 6. The fraction of sp³-hybridized carbons (Fsp3) is 0.125. The topological polar surface area (TPSA) is 119 Å². The molecule has 162 valence electrons. The Kier molecular flexibility index (Phi) is 5.76. The summed E-state index contributed by atoms with van der Waals surface area (Å²) in [4.78, 5) is 24.3. The Balaban J connectivity index is 1.65. The van der Waals surface area contributed by atoms with Crippen molar-refractivity contribution in [1.29, 1.82) is 0 Å². The summed E-state index contributed by atoms with van der Waals surface area (Å²) in [6.45, 7) is 3.88. The summed E-state index contributed by atoms with van der Waals surface area (Å²) < 4.78 is 11.3. The molecular weight excluding hydrogens is 408 g/mol. The molecule has 0 fully saturated rings. The summed E-state index contributed by atoms with van der Waals surface area (Å²) in [6, 6.07) is 17.4. The standard InChI is InChI=1S/C24H22N4O4/c1-14-21(15(2)32-28-14)13-31-22-11-17-7-4-3-6-16(17)10-20(22)23(29)26-18-8-5-9-19(12-18)27-24(25)30/h3-12H,13H2,1-2H3,(H,26,29)(H3,25,27,30). The predicted octanol–water partition coefficient (Wildman–Crippen LogP) is 4.77. The largest absolute Gasteiger partial charge is 0.488 e. The van der Waals surface area contributed by atoms with E-state index in [1.54, 1.807) is 30.3 Å². The van der Waals surface area contributed by atoms with Crippen LogP contribution in [0.15, 0.2) is 65.2 Å². The van der Waals surface area contributed by atoms with Crippen molar-refractivity contribution in [2.24, 2.45) is 5.73 Å². The third-order valence-corrected chi connectivity index (χ3v) is 5.03. The van der Waals surface area contributed by atoms with Gasteiger partial charge >= 0.3 is 6.03 Å². The highest BCUT2D eigenvalue weighted by atomic mass is 16.5. The molecule has 0 aliphatic heterocycles. The molecule has 0 aliphatic rings. The molecule has 4 N–H and O–H groups in total. The smallest absolute Gasteiger partial charge is 0.316 e. The van der Waals surface area contributed by atoms with Gasteiger partial charge in [0.2, 0.25) is 0 Å². The molecule has 0 saturated heterocycles. The number of hydrogen-bond acceptors (Lipinski definition) is 5. The highest BCUT2D eigenvalue weighted by Gasteiger charge is 2.17. The number of hydrogen-bond donors (Lipinski definition) is 3. The van der Waals surface area contributed by atoms with Crippen LogP contribution in [0.5, 0.6) is 5.75 Å². The van der Waals surface area contributed by atoms with E-state index < -0.39 is 6.03 Å². The molecular formula is C24H22N4O4. The number of nitrogens with one attached hydrogen (secondary N) is 2. The average Bonchev–Trinajstić information content (AvgIpc) is 3.08. The normalized spacial score (nSPS) is 10.7. The van der Waals surface area contributed by atoms with Gasteiger partial charge in [0.25, 0.3) is 5.91 Å². The molecule has 0 saturated carbocycles. The number of fused-ring (bicyclic) bond motifs is 1. The van der Waals surface area contributed by atoms with Crippen molar-refractivity contribution in [2.45, 2.75) is 20.5 Å². The third-order valence-electron chi connectivity index (χ3n) is 5.03. The van der Waals surface area contributed by atoms with Crippen LogP contribution in [0, 0.1) is 13.8 Å². The number of aromatic nitrogens is 1. The summed E-state index contributed by atoms with van der Waals surface area (Å²) in [5, 5.41) is 11.1. The molecule has 0 bridgehead atoms. The molecule has 8 nitrogen and oxygen atoms in total. The molecule has 0 radical (unpaired) electrons. The molecule has 4 rings (SSSR count). The quantitative estimate of drug-likeness (QED) is 0.407. The van der Waals surface area contributed by atoms with Crippen molar-refractivity contribution in [2.75, 3.05) is 10.6 Å². The molecule has 3 aromatic carbocycles. The van der Waals surface area contributed by atoms with Gasteiger partial charge in [-0.15, -0.1) is 0 Å². The zero-order valence-electron chi connectivity index (χ0n) is 17.6. The minimum Gasteiger partial charge on any atom is -0.488 e. The van der Waals surface area contributed by atoms with E-state index in [-0.39, 0.29) is 12.5 Å². The molecule has 0 atom stereocenters. The van der Waals surface area contributed by atoms with E-state index in [1.807, 2.05) is 44.2 Å². The fourth-order valence-electron chi connectivity index (χ4n) is 3.39. The average molecular weight is 430 g/mol. The second kappa shape index (κ2) is 8.81. The zero-order chi connectivity index (χ0) is 22.7. The van der Waals surface area contributed by atoms with Gasteiger partial charge in [-0.25, -0.2) is 4.79 Å². The van der Waals surface area contributed by atoms with Gasteiger partial charge in [0, 0.05) is 11.4 Å². The van der Waals surface area contributed by atoms with Crippen LogP contribution in [-0.2, 0) is 6.61 Å². The van der Waals surface area contributed by atoms with Crippen LogP contribution >= 0.6 is 0 Å². The Morgan fingerprint density at radius 3 is 2.31 bits per heavy atom. The molecule has 1 aromatic heterocycles. The van der Waals surface area contributed by atoms with E-state index in [2.05, 4.69) is 15.8 Å². The summed E-state index contributed by atoms with van der Waals surface area (Å²) in [5.41, 5.74) is 8.11. The van der Waals surface area contributed by atoms with Gasteiger partial charge in [-0.1, -0.05) is 35.5 Å². The van der Waals surface area contributed by atoms with Crippen LogP contribution in [0.2, 0.25) is 0 Å². The first-order chi connectivity index (χ1) is 15.4. The van der Waals surface area contributed by atoms with Crippen molar-refractivity contribution < 1.29 is 18.8 Å². The summed E-state index contributed by atoms with van der Waals surface area (Å²) in [7, 11) is 0. The molecule has 32 heavy (non-hydrogen) atoms. The molecule has 4 aromatic rings. The second-order valence-electron chi connectivity index (χ2n) is 7.31. The first-order valence-electron chi connectivity index (χ1n) is 9.96. The van der Waals surface area contributed by atoms with E-state index in [1.165, 1.54) is 0 Å². The number of aryl methyl sites for hydroxylation is 2. The van der Waals surface area contributed by atoms with E-state index in [9.17, 15) is 9.59 Å². The number of amides is 3. The Morgan fingerprint density at radius 1 is 0.969 bits per heavy atom. The van der Waals surface area contributed by atoms with Crippen LogP contribution in [0.1, 0.15) is 27.4 Å². The van der Waals surface area contributed by atoms with Gasteiger partial charge in [-0.05, 0) is 55.0 Å². The van der Waals surface area contributed by atoms with E-state index >= 15 is 0 Å². The number of carbonyl (C=O) groups excluding carboxylic acids is 2. The highest BCUT2D eigenvalue weighted by molar-refractivity contribution is 6.09. The van der Waals surface area contributed by atoms with Crippen LogP contribution < -0.4 is 21.1 Å². The Labute approximate surface area is 184 Å². The maximum Gasteiger partial charge on any atom is 0.316 e. The number of urea groups is 1. The number of anilines is 2. The lowest BCUT2D eigenvalue weighted by Crippen LogP contribution is -2.19. The first-order valence-corrected chi connectivity index (χ1v) is 9.96. The van der Waals surface area contributed by atoms with Crippen LogP contribution in [0.4, 0.5) is 16.2 Å². The van der Waals surface area contributed by atoms with Gasteiger partial charge < -0.3 is 25.6 Å². The zero-order valence-corrected chi connectivity index (χ0v) is 17.6. The molecule has 0 unspecified atom stereocenters. The van der Waals surface area contributed by atoms with E-state index in [4.69, 9.17) is 15.0 Å². The van der Waals surface area contributed by atoms with Crippen molar-refractivity contribution in [3.63, 3.8) is 0 Å². The molecule has 0 aliphatic carbocycles. The number of benzene rings is 3. The van der Waals surface area contributed by atoms with Gasteiger partial charge in [-0.3, -0.25) is 4.79 Å². The Hall–Kier alpha value is -4.33. The number of nitrogens with two attached hydrogens (primary N) is 1. The fourth-order valence-corrected chi connectivity index (χ4v) is 3.39. The van der Waals surface area contributed by atoms with Crippen LogP contribution in [0.25, 0.3) is 10.8 Å². The highest BCUT2D eigenvalue weighted by Crippen LogP contribution is 2.29. The van der Waals surface area contributed by atoms with Gasteiger partial charge in [-0.2, -0.15) is 0 Å². The lowest BCUT2D eigenvalue weighted by Gasteiger charge is -2.14. The van der Waals surface area contributed by atoms with Gasteiger partial charge in [0.15, 0.2) is 0 Å². The predicted molar refractivity (Wildman–Crippen MR) is 122 cm³/mol. The maximum atomic E-state index is 13.2. The van der Waals surface area contributed by atoms with Crippen LogP contribution in [-0.4, -0.2) is 17.1 Å². The SMILES string of the molecule is Cc1noc(C)c1COc1cc2ccccc2cc1C(=O)Nc1cccc(NC(N)=O)c1. The maximum absolute atomic E-state index is 13.2. The lowest BCUT2D eigenvalue weighted by molar-refractivity contribution is 0.102. The lowest BCUT2D eigenvalue weighted by atomic mass is 10.0. The monoisotopic (exact) mass is 430 g/mol. The second-order valence-corrected chi connectivity index (χ2v) is 7.31. The molecule has 0 spiro atoms. The van der Waals surface area contributed by atoms with Crippen molar-refractivity contribution in [1.82, 2.24) is 5.16 Å². The summed E-state index contributed by atoms with van der Waals surface area (Å²) in [6.07, 6.45) is 0.